The van der Waals surface area contributed by atoms with Crippen molar-refractivity contribution < 1.29 is 9.53 Å². The molecule has 1 N–H and O–H groups in total. The van der Waals surface area contributed by atoms with Crippen molar-refractivity contribution in [2.45, 2.75) is 39.0 Å². The molecule has 0 saturated carbocycles. The van der Waals surface area contributed by atoms with Gasteiger partial charge < -0.3 is 4.74 Å². The van der Waals surface area contributed by atoms with Gasteiger partial charge in [0, 0.05) is 19.1 Å². The molecule has 3 aromatic rings. The van der Waals surface area contributed by atoms with Crippen LogP contribution in [-0.2, 0) is 11.2 Å². The Kier molecular flexibility index (Phi) is 7.02. The fraction of sp³-hybridized carbons (Fsp3) is 0.370. The Morgan fingerprint density at radius 2 is 2.00 bits per heavy atom. The van der Waals surface area contributed by atoms with Crippen LogP contribution in [0.15, 0.2) is 49.8 Å². The Morgan fingerprint density at radius 1 is 1.12 bits per heavy atom. The number of hydrogen-bond donors (Lipinski definition) is 1. The number of allylic oxidation sites excluding steroid dienone is 1. The first-order valence-corrected chi connectivity index (χ1v) is 15.5. The quantitative estimate of drug-likeness (QED) is 0.217. The van der Waals surface area contributed by atoms with Gasteiger partial charge in [-0.3, -0.25) is 4.79 Å². The number of ketones is 1. The number of carbonyl (C=O) groups is 1. The first kappa shape index (κ1) is 22.5. The van der Waals surface area contributed by atoms with Crippen LogP contribution in [0.4, 0.5) is 0 Å². The maximum absolute atomic E-state index is 13.2. The first-order valence-electron chi connectivity index (χ1n) is 11.8. The predicted molar refractivity (Wildman–Crippen MR) is 143 cm³/mol. The van der Waals surface area contributed by atoms with Crippen molar-refractivity contribution in [3.05, 3.63) is 68.9 Å². The van der Waals surface area contributed by atoms with Crippen LogP contribution < -0.4 is 0 Å². The second-order valence-corrected chi connectivity index (χ2v) is 13.5. The van der Waals surface area contributed by atoms with Crippen LogP contribution in [0.2, 0.25) is 0 Å². The molecular formula is C27H30IN3O2. The maximum atomic E-state index is 13.2. The van der Waals surface area contributed by atoms with Gasteiger partial charge >= 0.3 is 149 Å². The number of carbonyl (C=O) groups excluding carboxylic acids is 1. The van der Waals surface area contributed by atoms with Gasteiger partial charge in [-0.25, -0.2) is 0 Å². The Balaban J connectivity index is 1.34. The van der Waals surface area contributed by atoms with Crippen molar-refractivity contribution in [3.8, 4) is 0 Å². The number of fused-ring (bicyclic) bond motifs is 1. The molecule has 172 valence electrons. The summed E-state index contributed by atoms with van der Waals surface area (Å²) in [6, 6.07) is 14.7. The summed E-state index contributed by atoms with van der Waals surface area (Å²) in [6.07, 6.45) is 6.66. The summed E-state index contributed by atoms with van der Waals surface area (Å²) >= 11 is -1.22. The van der Waals surface area contributed by atoms with Crippen molar-refractivity contribution >= 4 is 48.6 Å². The van der Waals surface area contributed by atoms with E-state index in [4.69, 9.17) is 4.74 Å². The summed E-state index contributed by atoms with van der Waals surface area (Å²) in [6.45, 7) is 3.72. The number of aromatic nitrogens is 2. The third-order valence-electron chi connectivity index (χ3n) is 6.49. The first-order chi connectivity index (χ1) is 16.2. The molecule has 1 fully saturated rings. The van der Waals surface area contributed by atoms with Crippen LogP contribution in [0.25, 0.3) is 16.5 Å². The Bertz CT molecular complexity index is 1190. The molecule has 2 aromatic carbocycles. The average Bonchev–Trinajstić information content (AvgIpc) is 3.46. The van der Waals surface area contributed by atoms with E-state index in [1.807, 2.05) is 24.4 Å². The molecule has 33 heavy (non-hydrogen) atoms. The van der Waals surface area contributed by atoms with Gasteiger partial charge in [-0.15, -0.1) is 0 Å². The molecule has 5 rings (SSSR count). The molecule has 0 spiro atoms. The van der Waals surface area contributed by atoms with Gasteiger partial charge in [-0.1, -0.05) is 6.42 Å². The van der Waals surface area contributed by atoms with Crippen molar-refractivity contribution in [2.24, 2.45) is 9.12 Å². The molecule has 0 radical (unpaired) electrons. The average molecular weight is 555 g/mol. The molecule has 1 aromatic heterocycles. The van der Waals surface area contributed by atoms with Gasteiger partial charge in [0.15, 0.2) is 0 Å². The third-order valence-corrected chi connectivity index (χ3v) is 10.4. The zero-order valence-electron chi connectivity index (χ0n) is 19.0. The van der Waals surface area contributed by atoms with Crippen LogP contribution in [0.1, 0.15) is 59.8 Å². The molecule has 1 atom stereocenters. The van der Waals surface area contributed by atoms with E-state index in [9.17, 15) is 4.79 Å². The number of hydrogen-bond acceptors (Lipinski definition) is 4. The van der Waals surface area contributed by atoms with E-state index >= 15 is 0 Å². The minimum absolute atomic E-state index is 0.0508. The normalized spacial score (nSPS) is 20.0. The van der Waals surface area contributed by atoms with E-state index in [1.54, 1.807) is 0 Å². The SMILES string of the molecule is CCI1C=C(c2ccc(Cc3[nH]nc4ccc(C(=O)C5CCCCOCC5)cc34)cc2)C=N1. The number of ether oxygens (including phenoxy) is 1. The molecule has 0 bridgehead atoms. The van der Waals surface area contributed by atoms with Gasteiger partial charge in [0.25, 0.3) is 0 Å². The van der Waals surface area contributed by atoms with Crippen molar-refractivity contribution in [1.82, 2.24) is 10.2 Å². The molecule has 5 nitrogen and oxygen atoms in total. The molecule has 6 heteroatoms. The van der Waals surface area contributed by atoms with E-state index in [-0.39, 0.29) is 11.7 Å². The zero-order chi connectivity index (χ0) is 22.6. The topological polar surface area (TPSA) is 67.3 Å². The van der Waals surface area contributed by atoms with E-state index in [0.29, 0.717) is 6.61 Å². The second-order valence-electron chi connectivity index (χ2n) is 8.70. The number of halogens is 1. The summed E-state index contributed by atoms with van der Waals surface area (Å²) in [4.78, 5) is 13.2. The fourth-order valence-corrected chi connectivity index (χ4v) is 7.47. The van der Waals surface area contributed by atoms with Gasteiger partial charge in [0.2, 0.25) is 0 Å². The summed E-state index contributed by atoms with van der Waals surface area (Å²) in [5, 5.41) is 8.71. The molecule has 0 amide bonds. The monoisotopic (exact) mass is 555 g/mol. The van der Waals surface area contributed by atoms with E-state index in [2.05, 4.69) is 48.7 Å². The van der Waals surface area contributed by atoms with Crippen LogP contribution in [0.5, 0.6) is 0 Å². The van der Waals surface area contributed by atoms with E-state index < -0.39 is 20.1 Å². The number of H-pyrrole nitrogens is 1. The summed E-state index contributed by atoms with van der Waals surface area (Å²) in [5.41, 5.74) is 6.47. The predicted octanol–water partition coefficient (Wildman–Crippen LogP) is 6.41. The number of aromatic amines is 1. The van der Waals surface area contributed by atoms with Crippen molar-refractivity contribution in [2.75, 3.05) is 17.6 Å². The van der Waals surface area contributed by atoms with Crippen LogP contribution in [0.3, 0.4) is 0 Å². The summed E-state index contributed by atoms with van der Waals surface area (Å²) < 4.78 is 13.9. The van der Waals surface area contributed by atoms with E-state index in [0.717, 1.165) is 60.9 Å². The van der Waals surface area contributed by atoms with Crippen molar-refractivity contribution in [3.63, 3.8) is 0 Å². The standard InChI is InChI=1S/C27H30IN3O2/c1-2-28-17-23(18-29-28)20-8-6-19(7-9-20)15-26-24-16-22(10-11-25(24)30-31-26)27(32)21-5-3-4-13-33-14-12-21/h6-11,16-18,21H,2-5,12-15H2,1H3,(H,30,31). The Morgan fingerprint density at radius 3 is 2.82 bits per heavy atom. The van der Waals surface area contributed by atoms with Gasteiger partial charge in [0.05, 0.1) is 0 Å². The number of alkyl halides is 1. The van der Waals surface area contributed by atoms with Crippen LogP contribution in [0, 0.1) is 5.92 Å². The zero-order valence-corrected chi connectivity index (χ0v) is 21.2. The number of benzene rings is 2. The van der Waals surface area contributed by atoms with Gasteiger partial charge in [0.1, 0.15) is 0 Å². The third kappa shape index (κ3) is 5.11. The Labute approximate surface area is 202 Å². The van der Waals surface area contributed by atoms with Crippen molar-refractivity contribution in [1.29, 1.82) is 0 Å². The molecule has 0 aliphatic carbocycles. The number of nitrogens with zero attached hydrogens (tertiary/aromatic N) is 2. The summed E-state index contributed by atoms with van der Waals surface area (Å²) in [7, 11) is 0. The molecule has 2 aliphatic rings. The second kappa shape index (κ2) is 10.3. The van der Waals surface area contributed by atoms with Gasteiger partial charge in [-0.05, 0) is 19.3 Å². The number of rotatable bonds is 6. The molecule has 1 saturated heterocycles. The van der Waals surface area contributed by atoms with Crippen LogP contribution in [-0.4, -0.2) is 39.8 Å². The molecular weight excluding hydrogens is 525 g/mol. The number of Topliss-reactive ketones (excluding diaryl/α,β-unsaturated/α-hetero) is 1. The molecule has 3 heterocycles. The molecule has 2 aliphatic heterocycles. The van der Waals surface area contributed by atoms with Crippen LogP contribution >= 0.6 is 20.1 Å². The minimum atomic E-state index is -1.22. The molecule has 1 unspecified atom stereocenters. The van der Waals surface area contributed by atoms with E-state index in [1.165, 1.54) is 21.1 Å². The Hall–Kier alpha value is -2.32. The summed E-state index contributed by atoms with van der Waals surface area (Å²) in [5.74, 6) is 0.287. The fourth-order valence-electron chi connectivity index (χ4n) is 4.53. The number of nitrogens with one attached hydrogen (secondary N) is 1. The van der Waals surface area contributed by atoms with Gasteiger partial charge in [-0.2, -0.15) is 0 Å².